The Morgan fingerprint density at radius 3 is 2.39 bits per heavy atom. The molecular formula is C23H27N5. The summed E-state index contributed by atoms with van der Waals surface area (Å²) in [7, 11) is 0. The fourth-order valence-corrected chi connectivity index (χ4v) is 3.46. The Morgan fingerprint density at radius 1 is 0.929 bits per heavy atom. The van der Waals surface area contributed by atoms with Crippen LogP contribution in [0.25, 0.3) is 11.3 Å². The molecule has 0 saturated carbocycles. The van der Waals surface area contributed by atoms with Gasteiger partial charge in [0.15, 0.2) is 0 Å². The third-order valence-corrected chi connectivity index (χ3v) is 4.94. The van der Waals surface area contributed by atoms with Crippen LogP contribution in [-0.2, 0) is 0 Å². The quantitative estimate of drug-likeness (QED) is 0.588. The van der Waals surface area contributed by atoms with Crippen LogP contribution >= 0.6 is 0 Å². The molecule has 2 aromatic carbocycles. The van der Waals surface area contributed by atoms with Crippen LogP contribution in [0.15, 0.2) is 60.7 Å². The predicted octanol–water partition coefficient (Wildman–Crippen LogP) is 5.31. The highest BCUT2D eigenvalue weighted by atomic mass is 15.2. The van der Waals surface area contributed by atoms with Gasteiger partial charge in [-0.2, -0.15) is 4.98 Å². The average Bonchev–Trinajstić information content (AvgIpc) is 3.28. The molecule has 3 aromatic rings. The highest BCUT2D eigenvalue weighted by Gasteiger charge is 2.12. The van der Waals surface area contributed by atoms with Gasteiger partial charge in [0.05, 0.1) is 5.69 Å². The Morgan fingerprint density at radius 2 is 1.68 bits per heavy atom. The van der Waals surface area contributed by atoms with Gasteiger partial charge < -0.3 is 15.5 Å². The number of hydrogen-bond donors (Lipinski definition) is 2. The summed E-state index contributed by atoms with van der Waals surface area (Å²) in [5.74, 6) is 1.45. The molecule has 144 valence electrons. The van der Waals surface area contributed by atoms with Crippen LogP contribution in [0.3, 0.4) is 0 Å². The Balaban J connectivity index is 1.57. The van der Waals surface area contributed by atoms with Crippen LogP contribution < -0.4 is 15.5 Å². The Bertz CT molecular complexity index is 887. The third kappa shape index (κ3) is 4.42. The van der Waals surface area contributed by atoms with E-state index in [4.69, 9.17) is 0 Å². The zero-order valence-electron chi connectivity index (χ0n) is 16.4. The van der Waals surface area contributed by atoms with Gasteiger partial charge in [0, 0.05) is 42.6 Å². The van der Waals surface area contributed by atoms with Crippen LogP contribution in [0.2, 0.25) is 0 Å². The average molecular weight is 374 g/mol. The summed E-state index contributed by atoms with van der Waals surface area (Å²) < 4.78 is 0. The summed E-state index contributed by atoms with van der Waals surface area (Å²) in [5.41, 5.74) is 4.31. The number of anilines is 4. The van der Waals surface area contributed by atoms with Crippen LogP contribution in [0.5, 0.6) is 0 Å². The van der Waals surface area contributed by atoms with Crippen molar-refractivity contribution in [2.45, 2.75) is 26.2 Å². The molecule has 0 aliphatic carbocycles. The number of benzene rings is 2. The summed E-state index contributed by atoms with van der Waals surface area (Å²) >= 11 is 0. The first-order valence-corrected chi connectivity index (χ1v) is 10.1. The summed E-state index contributed by atoms with van der Waals surface area (Å²) in [4.78, 5) is 11.8. The summed E-state index contributed by atoms with van der Waals surface area (Å²) in [6.45, 7) is 5.30. The van der Waals surface area contributed by atoms with Crippen molar-refractivity contribution in [3.63, 3.8) is 0 Å². The van der Waals surface area contributed by atoms with Gasteiger partial charge >= 0.3 is 0 Å². The lowest BCUT2D eigenvalue weighted by Gasteiger charge is -2.18. The van der Waals surface area contributed by atoms with E-state index in [9.17, 15) is 0 Å². The molecule has 5 nitrogen and oxygen atoms in total. The highest BCUT2D eigenvalue weighted by molar-refractivity contribution is 5.68. The monoisotopic (exact) mass is 373 g/mol. The molecular weight excluding hydrogens is 346 g/mol. The van der Waals surface area contributed by atoms with Gasteiger partial charge in [0.2, 0.25) is 5.95 Å². The lowest BCUT2D eigenvalue weighted by molar-refractivity contribution is 0.949. The molecule has 0 bridgehead atoms. The van der Waals surface area contributed by atoms with E-state index in [0.29, 0.717) is 5.95 Å². The topological polar surface area (TPSA) is 53.1 Å². The normalized spacial score (nSPS) is 13.5. The van der Waals surface area contributed by atoms with Crippen molar-refractivity contribution in [2.24, 2.45) is 0 Å². The van der Waals surface area contributed by atoms with Crippen molar-refractivity contribution in [3.8, 4) is 11.3 Å². The molecule has 5 heteroatoms. The van der Waals surface area contributed by atoms with E-state index >= 15 is 0 Å². The molecule has 0 amide bonds. The molecule has 28 heavy (non-hydrogen) atoms. The minimum Gasteiger partial charge on any atom is -0.372 e. The van der Waals surface area contributed by atoms with E-state index in [0.717, 1.165) is 48.8 Å². The van der Waals surface area contributed by atoms with E-state index < -0.39 is 0 Å². The van der Waals surface area contributed by atoms with E-state index in [2.05, 4.69) is 68.8 Å². The first-order valence-electron chi connectivity index (χ1n) is 10.1. The predicted molar refractivity (Wildman–Crippen MR) is 117 cm³/mol. The minimum atomic E-state index is 0.652. The first kappa shape index (κ1) is 18.3. The SMILES string of the molecule is CCCNc1nc(Nc2ccc(N3CCCC3)cc2)cc(-c2ccccc2)n1. The third-order valence-electron chi connectivity index (χ3n) is 4.94. The van der Waals surface area contributed by atoms with Gasteiger partial charge in [-0.25, -0.2) is 4.98 Å². The second-order valence-electron chi connectivity index (χ2n) is 7.12. The number of nitrogens with zero attached hydrogens (tertiary/aromatic N) is 3. The fourth-order valence-electron chi connectivity index (χ4n) is 3.46. The molecule has 2 heterocycles. The van der Waals surface area contributed by atoms with Gasteiger partial charge in [-0.3, -0.25) is 0 Å². The maximum Gasteiger partial charge on any atom is 0.225 e. The molecule has 0 unspecified atom stereocenters. The largest absolute Gasteiger partial charge is 0.372 e. The van der Waals surface area contributed by atoms with Crippen molar-refractivity contribution < 1.29 is 0 Å². The lowest BCUT2D eigenvalue weighted by atomic mass is 10.1. The molecule has 4 rings (SSSR count). The zero-order chi connectivity index (χ0) is 19.2. The van der Waals surface area contributed by atoms with E-state index in [1.807, 2.05) is 24.3 Å². The molecule has 0 radical (unpaired) electrons. The molecule has 0 atom stereocenters. The maximum atomic E-state index is 4.68. The number of nitrogens with one attached hydrogen (secondary N) is 2. The van der Waals surface area contributed by atoms with Crippen LogP contribution in [0.1, 0.15) is 26.2 Å². The standard InChI is InChI=1S/C23H27N5/c1-2-14-24-23-26-21(18-8-4-3-5-9-18)17-22(27-23)25-19-10-12-20(13-11-19)28-15-6-7-16-28/h3-5,8-13,17H,2,6-7,14-16H2,1H3,(H2,24,25,26,27). The van der Waals surface area contributed by atoms with E-state index in [1.54, 1.807) is 0 Å². The molecule has 1 aliphatic rings. The number of hydrogen-bond acceptors (Lipinski definition) is 5. The Labute approximate surface area is 166 Å². The van der Waals surface area contributed by atoms with E-state index in [1.165, 1.54) is 18.5 Å². The van der Waals surface area contributed by atoms with Gasteiger partial charge in [-0.05, 0) is 43.5 Å². The van der Waals surface area contributed by atoms with Crippen molar-refractivity contribution in [1.82, 2.24) is 9.97 Å². The zero-order valence-corrected chi connectivity index (χ0v) is 16.4. The van der Waals surface area contributed by atoms with Gasteiger partial charge in [0.25, 0.3) is 0 Å². The van der Waals surface area contributed by atoms with Crippen LogP contribution in [-0.4, -0.2) is 29.6 Å². The van der Waals surface area contributed by atoms with Crippen molar-refractivity contribution in [3.05, 3.63) is 60.7 Å². The molecule has 1 aliphatic heterocycles. The Hall–Kier alpha value is -3.08. The molecule has 1 saturated heterocycles. The second-order valence-corrected chi connectivity index (χ2v) is 7.12. The Kier molecular flexibility index (Phi) is 5.71. The number of rotatable bonds is 7. The van der Waals surface area contributed by atoms with Gasteiger partial charge in [-0.1, -0.05) is 37.3 Å². The second kappa shape index (κ2) is 8.74. The first-order chi connectivity index (χ1) is 13.8. The molecule has 2 N–H and O–H groups in total. The van der Waals surface area contributed by atoms with E-state index in [-0.39, 0.29) is 0 Å². The van der Waals surface area contributed by atoms with Crippen molar-refractivity contribution in [2.75, 3.05) is 35.2 Å². The van der Waals surface area contributed by atoms with Crippen LogP contribution in [0.4, 0.5) is 23.1 Å². The van der Waals surface area contributed by atoms with Crippen LogP contribution in [0, 0.1) is 0 Å². The lowest BCUT2D eigenvalue weighted by Crippen LogP contribution is -2.17. The van der Waals surface area contributed by atoms with Gasteiger partial charge in [0.1, 0.15) is 5.82 Å². The number of aromatic nitrogens is 2. The maximum absolute atomic E-state index is 4.68. The van der Waals surface area contributed by atoms with Crippen molar-refractivity contribution in [1.29, 1.82) is 0 Å². The minimum absolute atomic E-state index is 0.652. The van der Waals surface area contributed by atoms with Gasteiger partial charge in [-0.15, -0.1) is 0 Å². The molecule has 1 aromatic heterocycles. The summed E-state index contributed by atoms with van der Waals surface area (Å²) in [6.07, 6.45) is 3.60. The summed E-state index contributed by atoms with van der Waals surface area (Å²) in [5, 5.41) is 6.75. The smallest absolute Gasteiger partial charge is 0.225 e. The fraction of sp³-hybridized carbons (Fsp3) is 0.304. The molecule has 0 spiro atoms. The van der Waals surface area contributed by atoms with Crippen molar-refractivity contribution >= 4 is 23.1 Å². The summed E-state index contributed by atoms with van der Waals surface area (Å²) in [6, 6.07) is 20.8. The highest BCUT2D eigenvalue weighted by Crippen LogP contribution is 2.26. The molecule has 1 fully saturated rings.